The monoisotopic (exact) mass is 240 g/mol. The SMILES string of the molecule is CCSC[C@@]1(C)COc2ccccc2S1. The standard InChI is InChI=1S/C12H16OS2/c1-3-14-9-12(2)8-13-10-6-4-5-7-11(10)15-12/h4-7H,3,8-9H2,1-2H3/t12-/m1/s1. The van der Waals surface area contributed by atoms with Crippen molar-refractivity contribution in [1.82, 2.24) is 0 Å². The lowest BCUT2D eigenvalue weighted by Crippen LogP contribution is -2.34. The van der Waals surface area contributed by atoms with Crippen molar-refractivity contribution in [3.63, 3.8) is 0 Å². The lowest BCUT2D eigenvalue weighted by Gasteiger charge is -2.33. The Morgan fingerprint density at radius 3 is 3.07 bits per heavy atom. The van der Waals surface area contributed by atoms with Gasteiger partial charge in [0.25, 0.3) is 0 Å². The molecule has 15 heavy (non-hydrogen) atoms. The summed E-state index contributed by atoms with van der Waals surface area (Å²) in [6, 6.07) is 8.31. The molecule has 1 atom stereocenters. The van der Waals surface area contributed by atoms with E-state index in [4.69, 9.17) is 4.74 Å². The average molecular weight is 240 g/mol. The molecule has 1 aromatic rings. The van der Waals surface area contributed by atoms with Gasteiger partial charge in [0.05, 0.1) is 9.64 Å². The van der Waals surface area contributed by atoms with Crippen molar-refractivity contribution < 1.29 is 4.74 Å². The van der Waals surface area contributed by atoms with Crippen molar-refractivity contribution in [3.8, 4) is 5.75 Å². The fourth-order valence-electron chi connectivity index (χ4n) is 1.57. The van der Waals surface area contributed by atoms with Crippen molar-refractivity contribution in [3.05, 3.63) is 24.3 Å². The van der Waals surface area contributed by atoms with E-state index in [9.17, 15) is 0 Å². The summed E-state index contributed by atoms with van der Waals surface area (Å²) < 4.78 is 6.03. The largest absolute Gasteiger partial charge is 0.491 e. The second-order valence-electron chi connectivity index (χ2n) is 3.92. The number of para-hydroxylation sites is 1. The van der Waals surface area contributed by atoms with Crippen molar-refractivity contribution in [2.45, 2.75) is 23.5 Å². The molecule has 0 N–H and O–H groups in total. The normalized spacial score (nSPS) is 24.4. The van der Waals surface area contributed by atoms with Gasteiger partial charge in [-0.3, -0.25) is 0 Å². The first-order valence-corrected chi connectivity index (χ1v) is 7.19. The highest BCUT2D eigenvalue weighted by atomic mass is 32.2. The maximum Gasteiger partial charge on any atom is 0.132 e. The number of fused-ring (bicyclic) bond motifs is 1. The minimum Gasteiger partial charge on any atom is -0.491 e. The van der Waals surface area contributed by atoms with Gasteiger partial charge in [-0.05, 0) is 24.8 Å². The van der Waals surface area contributed by atoms with Crippen molar-refractivity contribution in [1.29, 1.82) is 0 Å². The van der Waals surface area contributed by atoms with Crippen LogP contribution >= 0.6 is 23.5 Å². The quantitative estimate of drug-likeness (QED) is 0.797. The first-order chi connectivity index (χ1) is 7.23. The maximum atomic E-state index is 5.80. The summed E-state index contributed by atoms with van der Waals surface area (Å²) >= 11 is 3.94. The summed E-state index contributed by atoms with van der Waals surface area (Å²) in [6.45, 7) is 5.31. The van der Waals surface area contributed by atoms with Crippen LogP contribution in [0.3, 0.4) is 0 Å². The first-order valence-electron chi connectivity index (χ1n) is 5.22. The Morgan fingerprint density at radius 2 is 2.27 bits per heavy atom. The molecule has 0 spiro atoms. The molecule has 0 amide bonds. The second kappa shape index (κ2) is 4.71. The minimum absolute atomic E-state index is 0.231. The Balaban J connectivity index is 2.10. The molecule has 0 saturated carbocycles. The van der Waals surface area contributed by atoms with E-state index in [0.717, 1.165) is 18.1 Å². The third-order valence-corrected chi connectivity index (χ3v) is 5.09. The van der Waals surface area contributed by atoms with E-state index in [1.165, 1.54) is 10.6 Å². The van der Waals surface area contributed by atoms with E-state index in [0.29, 0.717) is 0 Å². The highest BCUT2D eigenvalue weighted by molar-refractivity contribution is 8.04. The molecular weight excluding hydrogens is 224 g/mol. The Hall–Kier alpha value is -0.280. The minimum atomic E-state index is 0.231. The van der Waals surface area contributed by atoms with Crippen molar-refractivity contribution in [2.24, 2.45) is 0 Å². The maximum absolute atomic E-state index is 5.80. The van der Waals surface area contributed by atoms with Crippen LogP contribution in [0.15, 0.2) is 29.2 Å². The third-order valence-electron chi connectivity index (χ3n) is 2.35. The van der Waals surface area contributed by atoms with Crippen LogP contribution in [0.4, 0.5) is 0 Å². The molecule has 2 rings (SSSR count). The Morgan fingerprint density at radius 1 is 1.47 bits per heavy atom. The molecule has 1 nitrogen and oxygen atoms in total. The molecule has 0 aromatic heterocycles. The van der Waals surface area contributed by atoms with Crippen LogP contribution in [0, 0.1) is 0 Å². The van der Waals surface area contributed by atoms with Gasteiger partial charge in [0, 0.05) is 5.75 Å². The Labute approximate surface area is 100.0 Å². The van der Waals surface area contributed by atoms with Gasteiger partial charge in [-0.25, -0.2) is 0 Å². The number of thioether (sulfide) groups is 2. The molecule has 0 aliphatic carbocycles. The Bertz CT molecular complexity index is 340. The fraction of sp³-hybridized carbons (Fsp3) is 0.500. The third kappa shape index (κ3) is 2.64. The average Bonchev–Trinajstić information content (AvgIpc) is 2.26. The summed E-state index contributed by atoms with van der Waals surface area (Å²) in [5, 5.41) is 0. The highest BCUT2D eigenvalue weighted by Gasteiger charge is 2.31. The molecule has 1 heterocycles. The van der Waals surface area contributed by atoms with Crippen LogP contribution in [-0.2, 0) is 0 Å². The number of ether oxygens (including phenoxy) is 1. The van der Waals surface area contributed by atoms with Gasteiger partial charge in [-0.15, -0.1) is 11.8 Å². The van der Waals surface area contributed by atoms with Gasteiger partial charge in [0.1, 0.15) is 12.4 Å². The van der Waals surface area contributed by atoms with Crippen LogP contribution in [0.25, 0.3) is 0 Å². The molecule has 3 heteroatoms. The summed E-state index contributed by atoms with van der Waals surface area (Å²) in [6.07, 6.45) is 0. The summed E-state index contributed by atoms with van der Waals surface area (Å²) in [5.41, 5.74) is 0. The molecular formula is C12H16OS2. The van der Waals surface area contributed by atoms with Gasteiger partial charge in [-0.2, -0.15) is 11.8 Å². The molecule has 1 aliphatic heterocycles. The van der Waals surface area contributed by atoms with E-state index in [2.05, 4.69) is 32.0 Å². The highest BCUT2D eigenvalue weighted by Crippen LogP contribution is 2.44. The van der Waals surface area contributed by atoms with E-state index in [-0.39, 0.29) is 4.75 Å². The summed E-state index contributed by atoms with van der Waals surface area (Å²) in [7, 11) is 0. The summed E-state index contributed by atoms with van der Waals surface area (Å²) in [5.74, 6) is 3.38. The van der Waals surface area contributed by atoms with Crippen LogP contribution < -0.4 is 4.74 Å². The smallest absolute Gasteiger partial charge is 0.132 e. The van der Waals surface area contributed by atoms with E-state index in [1.54, 1.807) is 0 Å². The van der Waals surface area contributed by atoms with E-state index < -0.39 is 0 Å². The lowest BCUT2D eigenvalue weighted by molar-refractivity contribution is 0.275. The van der Waals surface area contributed by atoms with Crippen molar-refractivity contribution >= 4 is 23.5 Å². The zero-order chi connectivity index (χ0) is 10.7. The van der Waals surface area contributed by atoms with Gasteiger partial charge in [-0.1, -0.05) is 19.1 Å². The van der Waals surface area contributed by atoms with Crippen LogP contribution in [0.5, 0.6) is 5.75 Å². The van der Waals surface area contributed by atoms with Crippen LogP contribution in [0.2, 0.25) is 0 Å². The molecule has 0 bridgehead atoms. The van der Waals surface area contributed by atoms with E-state index >= 15 is 0 Å². The molecule has 0 radical (unpaired) electrons. The van der Waals surface area contributed by atoms with Crippen LogP contribution in [-0.4, -0.2) is 22.9 Å². The zero-order valence-corrected chi connectivity index (χ0v) is 10.8. The number of rotatable bonds is 3. The lowest BCUT2D eigenvalue weighted by atomic mass is 10.2. The van der Waals surface area contributed by atoms with Crippen LogP contribution in [0.1, 0.15) is 13.8 Å². The fourth-order valence-corrected chi connectivity index (χ4v) is 3.80. The van der Waals surface area contributed by atoms with Gasteiger partial charge < -0.3 is 4.74 Å². The number of benzene rings is 1. The summed E-state index contributed by atoms with van der Waals surface area (Å²) in [4.78, 5) is 1.28. The predicted molar refractivity (Wildman–Crippen MR) is 69.2 cm³/mol. The van der Waals surface area contributed by atoms with Crippen molar-refractivity contribution in [2.75, 3.05) is 18.1 Å². The van der Waals surface area contributed by atoms with Gasteiger partial charge >= 0.3 is 0 Å². The Kier molecular flexibility index (Phi) is 3.52. The van der Waals surface area contributed by atoms with Gasteiger partial charge in [0.2, 0.25) is 0 Å². The van der Waals surface area contributed by atoms with Gasteiger partial charge in [0.15, 0.2) is 0 Å². The molecule has 0 unspecified atom stereocenters. The zero-order valence-electron chi connectivity index (χ0n) is 9.16. The predicted octanol–water partition coefficient (Wildman–Crippen LogP) is 3.68. The molecule has 82 valence electrons. The molecule has 0 saturated heterocycles. The second-order valence-corrected chi connectivity index (χ2v) is 6.83. The number of hydrogen-bond donors (Lipinski definition) is 0. The molecule has 0 fully saturated rings. The molecule has 1 aliphatic rings. The topological polar surface area (TPSA) is 9.23 Å². The van der Waals surface area contributed by atoms with E-state index in [1.807, 2.05) is 29.6 Å². The first kappa shape index (κ1) is 11.2. The molecule has 1 aromatic carbocycles. The number of hydrogen-bond acceptors (Lipinski definition) is 3.